The molecule has 0 aromatic rings. The molecular formula is C16H21NO5. The second kappa shape index (κ2) is 4.04. The van der Waals surface area contributed by atoms with Crippen molar-refractivity contribution >= 4 is 11.5 Å². The maximum atomic E-state index is 11.9. The van der Waals surface area contributed by atoms with Crippen LogP contribution in [0.25, 0.3) is 0 Å². The van der Waals surface area contributed by atoms with Gasteiger partial charge in [0, 0.05) is 6.42 Å². The number of carbonyl (C=O) groups excluding carboxylic acids is 1. The van der Waals surface area contributed by atoms with Crippen LogP contribution in [0.4, 0.5) is 0 Å². The lowest BCUT2D eigenvalue weighted by molar-refractivity contribution is -0.147. The zero-order valence-electron chi connectivity index (χ0n) is 13.0. The van der Waals surface area contributed by atoms with Gasteiger partial charge in [-0.25, -0.2) is 0 Å². The molecule has 2 aliphatic heterocycles. The van der Waals surface area contributed by atoms with Crippen LogP contribution in [0.1, 0.15) is 40.0 Å². The first-order valence-corrected chi connectivity index (χ1v) is 7.89. The van der Waals surface area contributed by atoms with Gasteiger partial charge in [0.15, 0.2) is 5.76 Å². The van der Waals surface area contributed by atoms with Crippen LogP contribution in [0.15, 0.2) is 16.7 Å². The number of Topliss-reactive ketones (excluding diaryl/α,β-unsaturated/α-hetero) is 1. The van der Waals surface area contributed by atoms with Crippen molar-refractivity contribution in [2.45, 2.75) is 57.8 Å². The van der Waals surface area contributed by atoms with E-state index in [2.05, 4.69) is 19.0 Å². The Bertz CT molecular complexity index is 624. The monoisotopic (exact) mass is 307 g/mol. The minimum Gasteiger partial charge on any atom is -0.502 e. The molecule has 6 heteroatoms. The van der Waals surface area contributed by atoms with Gasteiger partial charge in [-0.05, 0) is 31.6 Å². The van der Waals surface area contributed by atoms with E-state index < -0.39 is 28.7 Å². The van der Waals surface area contributed by atoms with Gasteiger partial charge in [-0.2, -0.15) is 0 Å². The predicted octanol–water partition coefficient (Wildman–Crippen LogP) is 1.69. The summed E-state index contributed by atoms with van der Waals surface area (Å²) in [7, 11) is 0. The molecule has 0 aromatic carbocycles. The number of oxime groups is 1. The number of carbonyl (C=O) groups is 1. The van der Waals surface area contributed by atoms with Crippen LogP contribution in [0.2, 0.25) is 0 Å². The summed E-state index contributed by atoms with van der Waals surface area (Å²) in [6.45, 7) is 6.23. The first kappa shape index (κ1) is 14.1. The molecule has 4 rings (SSSR count). The molecule has 4 aliphatic rings. The van der Waals surface area contributed by atoms with Crippen molar-refractivity contribution in [1.29, 1.82) is 0 Å². The zero-order chi connectivity index (χ0) is 15.9. The number of allylic oxidation sites excluding steroid dienone is 1. The second-order valence-corrected chi connectivity index (χ2v) is 7.35. The standard InChI is InChI=1S/C16H21NO5/c1-7(2)9-4-12-15(6-9)8(3)17-22-16(15)11(19)5-10(18)13(20)14(16)21-12/h7,9,11-12,19-20H,4-6H2,1-3H3/t9-,11+,12-,15-,16+/m0/s1. The molecule has 0 amide bonds. The quantitative estimate of drug-likeness (QED) is 0.769. The smallest absolute Gasteiger partial charge is 0.238 e. The Balaban J connectivity index is 1.91. The van der Waals surface area contributed by atoms with Crippen molar-refractivity contribution in [2.75, 3.05) is 0 Å². The molecule has 2 aliphatic carbocycles. The Morgan fingerprint density at radius 2 is 2.14 bits per heavy atom. The van der Waals surface area contributed by atoms with E-state index in [0.29, 0.717) is 11.8 Å². The van der Waals surface area contributed by atoms with Crippen molar-refractivity contribution in [3.63, 3.8) is 0 Å². The maximum Gasteiger partial charge on any atom is 0.238 e. The number of rotatable bonds is 1. The maximum absolute atomic E-state index is 11.9. The Morgan fingerprint density at radius 1 is 1.41 bits per heavy atom. The largest absolute Gasteiger partial charge is 0.502 e. The summed E-state index contributed by atoms with van der Waals surface area (Å²) in [5.41, 5.74) is -1.02. The predicted molar refractivity (Wildman–Crippen MR) is 77.1 cm³/mol. The van der Waals surface area contributed by atoms with Crippen molar-refractivity contribution in [3.8, 4) is 0 Å². The van der Waals surface area contributed by atoms with E-state index in [4.69, 9.17) is 9.57 Å². The normalized spacial score (nSPS) is 46.1. The lowest BCUT2D eigenvalue weighted by Crippen LogP contribution is -2.59. The van der Waals surface area contributed by atoms with Gasteiger partial charge >= 0.3 is 0 Å². The molecule has 6 nitrogen and oxygen atoms in total. The topological polar surface area (TPSA) is 88.4 Å². The molecule has 2 N–H and O–H groups in total. The highest BCUT2D eigenvalue weighted by atomic mass is 16.7. The zero-order valence-corrected chi connectivity index (χ0v) is 13.0. The van der Waals surface area contributed by atoms with E-state index >= 15 is 0 Å². The number of aliphatic hydroxyl groups excluding tert-OH is 2. The highest BCUT2D eigenvalue weighted by molar-refractivity contribution is 5.99. The Kier molecular flexibility index (Phi) is 2.58. The van der Waals surface area contributed by atoms with Gasteiger partial charge in [0.2, 0.25) is 17.1 Å². The molecular weight excluding hydrogens is 286 g/mol. The molecule has 1 saturated carbocycles. The molecule has 0 unspecified atom stereocenters. The number of hydrogen-bond donors (Lipinski definition) is 2. The minimum atomic E-state index is -1.23. The lowest BCUT2D eigenvalue weighted by Gasteiger charge is -2.40. The van der Waals surface area contributed by atoms with Crippen LogP contribution in [-0.2, 0) is 14.4 Å². The number of hydrogen-bond acceptors (Lipinski definition) is 6. The molecule has 0 aromatic heterocycles. The molecule has 5 atom stereocenters. The molecule has 0 bridgehead atoms. The van der Waals surface area contributed by atoms with Gasteiger partial charge in [0.25, 0.3) is 0 Å². The van der Waals surface area contributed by atoms with Crippen LogP contribution in [-0.4, -0.2) is 39.5 Å². The third kappa shape index (κ3) is 1.27. The summed E-state index contributed by atoms with van der Waals surface area (Å²) in [6, 6.07) is 0. The van der Waals surface area contributed by atoms with Crippen LogP contribution in [0.3, 0.4) is 0 Å². The van der Waals surface area contributed by atoms with Crippen molar-refractivity contribution in [2.24, 2.45) is 22.4 Å². The number of ether oxygens (including phenoxy) is 1. The van der Waals surface area contributed by atoms with Crippen molar-refractivity contribution in [1.82, 2.24) is 0 Å². The van der Waals surface area contributed by atoms with E-state index in [0.717, 1.165) is 18.6 Å². The summed E-state index contributed by atoms with van der Waals surface area (Å²) in [5, 5.41) is 25.0. The first-order chi connectivity index (χ1) is 10.3. The average molecular weight is 307 g/mol. The molecule has 22 heavy (non-hydrogen) atoms. The van der Waals surface area contributed by atoms with E-state index in [-0.39, 0.29) is 18.3 Å². The number of ketones is 1. The molecule has 1 saturated heterocycles. The van der Waals surface area contributed by atoms with Crippen LogP contribution >= 0.6 is 0 Å². The third-order valence-electron chi connectivity index (χ3n) is 6.15. The van der Waals surface area contributed by atoms with Gasteiger partial charge in [0.05, 0.1) is 5.71 Å². The van der Waals surface area contributed by atoms with E-state index in [1.807, 2.05) is 6.92 Å². The van der Waals surface area contributed by atoms with Gasteiger partial charge in [-0.3, -0.25) is 4.79 Å². The van der Waals surface area contributed by atoms with Crippen LogP contribution in [0, 0.1) is 17.3 Å². The molecule has 2 heterocycles. The lowest BCUT2D eigenvalue weighted by atomic mass is 9.62. The van der Waals surface area contributed by atoms with Crippen LogP contribution in [0.5, 0.6) is 0 Å². The fraction of sp³-hybridized carbons (Fsp3) is 0.750. The Morgan fingerprint density at radius 3 is 2.82 bits per heavy atom. The molecule has 120 valence electrons. The number of aliphatic hydroxyl groups is 2. The van der Waals surface area contributed by atoms with Gasteiger partial charge in [-0.1, -0.05) is 19.0 Å². The highest BCUT2D eigenvalue weighted by Crippen LogP contribution is 2.67. The Labute approximate surface area is 128 Å². The van der Waals surface area contributed by atoms with Crippen molar-refractivity contribution < 1.29 is 24.6 Å². The highest BCUT2D eigenvalue weighted by Gasteiger charge is 2.79. The molecule has 2 fully saturated rings. The first-order valence-electron chi connectivity index (χ1n) is 7.89. The summed E-state index contributed by atoms with van der Waals surface area (Å²) in [5.74, 6) is 0.0885. The summed E-state index contributed by atoms with van der Waals surface area (Å²) in [6.07, 6.45) is 0.161. The number of nitrogens with zero attached hydrogens (tertiary/aromatic N) is 1. The second-order valence-electron chi connectivity index (χ2n) is 7.35. The Hall–Kier alpha value is -1.56. The summed E-state index contributed by atoms with van der Waals surface area (Å²) < 4.78 is 5.98. The van der Waals surface area contributed by atoms with Crippen molar-refractivity contribution in [3.05, 3.63) is 11.5 Å². The van der Waals surface area contributed by atoms with E-state index in [9.17, 15) is 15.0 Å². The van der Waals surface area contributed by atoms with Gasteiger partial charge in [0.1, 0.15) is 17.6 Å². The van der Waals surface area contributed by atoms with Crippen LogP contribution < -0.4 is 0 Å². The molecule has 0 radical (unpaired) electrons. The van der Waals surface area contributed by atoms with E-state index in [1.54, 1.807) is 0 Å². The third-order valence-corrected chi connectivity index (χ3v) is 6.15. The summed E-state index contributed by atoms with van der Waals surface area (Å²) in [4.78, 5) is 17.6. The fourth-order valence-electron chi connectivity index (χ4n) is 4.86. The summed E-state index contributed by atoms with van der Waals surface area (Å²) >= 11 is 0. The van der Waals surface area contributed by atoms with E-state index in [1.165, 1.54) is 0 Å². The van der Waals surface area contributed by atoms with Gasteiger partial charge in [-0.15, -0.1) is 0 Å². The average Bonchev–Trinajstić information content (AvgIpc) is 3.04. The SMILES string of the molecule is CC1=NO[C@@]23C(=C(O)C(=O)C[C@H]2O)O[C@H]2C[C@H](C(C)C)C[C@]123. The van der Waals surface area contributed by atoms with Gasteiger partial charge < -0.3 is 19.8 Å². The molecule has 2 spiro atoms. The minimum absolute atomic E-state index is 0.0871. The fourth-order valence-corrected chi connectivity index (χ4v) is 4.86.